The van der Waals surface area contributed by atoms with Crippen LogP contribution in [-0.2, 0) is 11.3 Å². The monoisotopic (exact) mass is 552 g/mol. The Morgan fingerprint density at radius 3 is 2.05 bits per heavy atom. The van der Waals surface area contributed by atoms with Crippen molar-refractivity contribution in [1.82, 2.24) is 14.4 Å². The van der Waals surface area contributed by atoms with E-state index in [0.29, 0.717) is 73.6 Å². The van der Waals surface area contributed by atoms with Crippen LogP contribution in [0.5, 0.6) is 0 Å². The lowest BCUT2D eigenvalue weighted by molar-refractivity contribution is 0.0772. The number of hydrogen-bond donors (Lipinski definition) is 0. The average molecular weight is 553 g/mol. The highest BCUT2D eigenvalue weighted by Gasteiger charge is 2.29. The molecule has 212 valence electrons. The third kappa shape index (κ3) is 5.88. The lowest BCUT2D eigenvalue weighted by atomic mass is 10.00. The predicted molar refractivity (Wildman–Crippen MR) is 162 cm³/mol. The molecule has 8 heteroatoms. The summed E-state index contributed by atoms with van der Waals surface area (Å²) in [7, 11) is 0. The summed E-state index contributed by atoms with van der Waals surface area (Å²) in [6.45, 7) is 7.32. The number of benzene rings is 3. The number of hydrogen-bond acceptors (Lipinski definition) is 5. The second-order valence-corrected chi connectivity index (χ2v) is 10.1. The Morgan fingerprint density at radius 2 is 1.41 bits per heavy atom. The first kappa shape index (κ1) is 28.1. The number of amides is 2. The van der Waals surface area contributed by atoms with Crippen LogP contribution in [-0.4, -0.2) is 65.7 Å². The van der Waals surface area contributed by atoms with Crippen molar-refractivity contribution < 1.29 is 14.3 Å². The summed E-state index contributed by atoms with van der Waals surface area (Å²) in [5.74, 6) is -0.140. The van der Waals surface area contributed by atoms with Gasteiger partial charge in [0.15, 0.2) is 0 Å². The summed E-state index contributed by atoms with van der Waals surface area (Å²) in [6, 6.07) is 26.5. The maximum atomic E-state index is 14.6. The second kappa shape index (κ2) is 12.8. The lowest BCUT2D eigenvalue weighted by Crippen LogP contribution is -2.49. The molecular formula is C33H36N4O4. The Balaban J connectivity index is 1.67. The summed E-state index contributed by atoms with van der Waals surface area (Å²) in [5.41, 5.74) is 2.53. The highest BCUT2D eigenvalue weighted by molar-refractivity contribution is 6.15. The number of carbonyl (C=O) groups excluding carboxylic acids is 2. The molecule has 41 heavy (non-hydrogen) atoms. The smallest absolute Gasteiger partial charge is 0.409 e. The summed E-state index contributed by atoms with van der Waals surface area (Å²) < 4.78 is 6.89. The molecule has 0 saturated carbocycles. The zero-order chi connectivity index (χ0) is 28.8. The molecule has 3 aromatic carbocycles. The number of nitrogens with zero attached hydrogens (tertiary/aromatic N) is 4. The van der Waals surface area contributed by atoms with E-state index in [1.54, 1.807) is 22.5 Å². The second-order valence-electron chi connectivity index (χ2n) is 10.1. The van der Waals surface area contributed by atoms with Crippen molar-refractivity contribution in [1.29, 1.82) is 0 Å². The Labute approximate surface area is 240 Å². The Morgan fingerprint density at radius 1 is 0.805 bits per heavy atom. The molecule has 1 saturated heterocycles. The van der Waals surface area contributed by atoms with Crippen LogP contribution in [0.25, 0.3) is 16.5 Å². The van der Waals surface area contributed by atoms with Crippen molar-refractivity contribution in [3.05, 3.63) is 107 Å². The van der Waals surface area contributed by atoms with Gasteiger partial charge in [0.25, 0.3) is 11.5 Å². The molecular weight excluding hydrogens is 516 g/mol. The first-order chi connectivity index (χ1) is 20.0. The van der Waals surface area contributed by atoms with Gasteiger partial charge in [0.05, 0.1) is 17.9 Å². The van der Waals surface area contributed by atoms with E-state index < -0.39 is 0 Å². The number of piperazine rings is 1. The summed E-state index contributed by atoms with van der Waals surface area (Å²) in [5, 5.41) is 1.15. The molecule has 0 aliphatic carbocycles. The number of ether oxygens (including phenoxy) is 1. The van der Waals surface area contributed by atoms with E-state index in [2.05, 4.69) is 11.8 Å². The molecule has 5 rings (SSSR count). The number of fused-ring (bicyclic) bond motifs is 1. The fraction of sp³-hybridized carbons (Fsp3) is 0.303. The third-order valence-corrected chi connectivity index (χ3v) is 7.45. The normalized spacial score (nSPS) is 13.8. The van der Waals surface area contributed by atoms with Gasteiger partial charge in [0, 0.05) is 61.4 Å². The Bertz CT molecular complexity index is 1560. The van der Waals surface area contributed by atoms with E-state index in [1.807, 2.05) is 83.8 Å². The van der Waals surface area contributed by atoms with Gasteiger partial charge in [-0.25, -0.2) is 4.79 Å². The van der Waals surface area contributed by atoms with E-state index in [9.17, 15) is 14.4 Å². The van der Waals surface area contributed by atoms with Gasteiger partial charge >= 0.3 is 6.09 Å². The number of rotatable bonds is 8. The summed E-state index contributed by atoms with van der Waals surface area (Å²) >= 11 is 0. The van der Waals surface area contributed by atoms with Gasteiger partial charge in [0.2, 0.25) is 0 Å². The van der Waals surface area contributed by atoms with Crippen LogP contribution in [0, 0.1) is 0 Å². The van der Waals surface area contributed by atoms with Crippen LogP contribution in [0.4, 0.5) is 10.5 Å². The van der Waals surface area contributed by atoms with Crippen molar-refractivity contribution in [3.63, 3.8) is 0 Å². The summed E-state index contributed by atoms with van der Waals surface area (Å²) in [4.78, 5) is 46.7. The molecule has 1 aromatic heterocycles. The van der Waals surface area contributed by atoms with E-state index in [0.717, 1.165) is 12.1 Å². The van der Waals surface area contributed by atoms with E-state index in [4.69, 9.17) is 4.74 Å². The lowest BCUT2D eigenvalue weighted by Gasteiger charge is -2.35. The molecule has 4 aromatic rings. The number of aromatic nitrogens is 1. The number of para-hydroxylation sites is 2. The molecule has 1 aliphatic rings. The van der Waals surface area contributed by atoms with Gasteiger partial charge in [-0.15, -0.1) is 0 Å². The van der Waals surface area contributed by atoms with Crippen molar-refractivity contribution in [3.8, 4) is 5.69 Å². The van der Waals surface area contributed by atoms with Crippen LogP contribution >= 0.6 is 0 Å². The largest absolute Gasteiger partial charge is 0.450 e. The van der Waals surface area contributed by atoms with Gasteiger partial charge in [-0.1, -0.05) is 61.5 Å². The molecule has 1 fully saturated rings. The fourth-order valence-corrected chi connectivity index (χ4v) is 5.47. The van der Waals surface area contributed by atoms with Crippen molar-refractivity contribution in [2.75, 3.05) is 44.2 Å². The van der Waals surface area contributed by atoms with Gasteiger partial charge in [-0.2, -0.15) is 0 Å². The zero-order valence-electron chi connectivity index (χ0n) is 23.7. The van der Waals surface area contributed by atoms with Gasteiger partial charge in [-0.3, -0.25) is 19.1 Å². The predicted octanol–water partition coefficient (Wildman–Crippen LogP) is 5.32. The molecule has 0 N–H and O–H groups in total. The number of carbonyl (C=O) groups is 2. The van der Waals surface area contributed by atoms with Crippen LogP contribution < -0.4 is 10.5 Å². The van der Waals surface area contributed by atoms with E-state index in [1.165, 1.54) is 0 Å². The van der Waals surface area contributed by atoms with Crippen molar-refractivity contribution in [2.45, 2.75) is 26.8 Å². The van der Waals surface area contributed by atoms with Crippen molar-refractivity contribution >= 4 is 28.5 Å². The third-order valence-electron chi connectivity index (χ3n) is 7.45. The Kier molecular flexibility index (Phi) is 8.79. The molecule has 1 aliphatic heterocycles. The highest BCUT2D eigenvalue weighted by Crippen LogP contribution is 2.28. The standard InChI is InChI=1S/C33H36N4O4/c1-3-19-36(25-13-7-5-8-14-25)32(39)30-27-17-11-12-18-28(27)31(38)37(26-15-9-6-10-16-26)29(30)24-34-20-22-35(23-21-34)33(40)41-4-2/h5-18H,3-4,19-24H2,1-2H3. The van der Waals surface area contributed by atoms with Gasteiger partial charge in [0.1, 0.15) is 0 Å². The van der Waals surface area contributed by atoms with Gasteiger partial charge in [-0.05, 0) is 43.7 Å². The van der Waals surface area contributed by atoms with Crippen LogP contribution in [0.1, 0.15) is 36.3 Å². The fourth-order valence-electron chi connectivity index (χ4n) is 5.47. The maximum absolute atomic E-state index is 14.6. The molecule has 2 heterocycles. The van der Waals surface area contributed by atoms with Gasteiger partial charge < -0.3 is 14.5 Å². The first-order valence-corrected chi connectivity index (χ1v) is 14.3. The molecule has 0 spiro atoms. The molecule has 2 amide bonds. The molecule has 8 nitrogen and oxygen atoms in total. The van der Waals surface area contributed by atoms with Crippen LogP contribution in [0.15, 0.2) is 89.7 Å². The molecule has 0 unspecified atom stereocenters. The van der Waals surface area contributed by atoms with E-state index >= 15 is 0 Å². The van der Waals surface area contributed by atoms with Crippen LogP contribution in [0.2, 0.25) is 0 Å². The molecule has 0 bridgehead atoms. The minimum atomic E-state index is -0.312. The molecule has 0 radical (unpaired) electrons. The highest BCUT2D eigenvalue weighted by atomic mass is 16.6. The SMILES string of the molecule is CCCN(C(=O)c1c(CN2CCN(C(=O)OCC)CC2)n(-c2ccccc2)c(=O)c2ccccc12)c1ccccc1. The van der Waals surface area contributed by atoms with E-state index in [-0.39, 0.29) is 17.6 Å². The molecule has 0 atom stereocenters. The summed E-state index contributed by atoms with van der Waals surface area (Å²) in [6.07, 6.45) is 0.468. The first-order valence-electron chi connectivity index (χ1n) is 14.3. The quantitative estimate of drug-likeness (QED) is 0.296. The van der Waals surface area contributed by atoms with Crippen LogP contribution in [0.3, 0.4) is 0 Å². The maximum Gasteiger partial charge on any atom is 0.409 e. The number of pyridine rings is 1. The minimum absolute atomic E-state index is 0.140. The minimum Gasteiger partial charge on any atom is -0.450 e. The number of anilines is 1. The van der Waals surface area contributed by atoms with Crippen molar-refractivity contribution in [2.24, 2.45) is 0 Å². The zero-order valence-corrected chi connectivity index (χ0v) is 23.7. The Hall–Kier alpha value is -4.43. The average Bonchev–Trinajstić information content (AvgIpc) is 3.01. The topological polar surface area (TPSA) is 75.1 Å².